The average molecular weight is 471 g/mol. The van der Waals surface area contributed by atoms with E-state index in [9.17, 15) is 4.79 Å². The number of pyridine rings is 1. The summed E-state index contributed by atoms with van der Waals surface area (Å²) in [5.74, 6) is 1.77. The maximum Gasteiger partial charge on any atom is 0.248 e. The fraction of sp³-hybridized carbons (Fsp3) is 0.407. The number of nitrogens with zero attached hydrogens (tertiary/aromatic N) is 5. The Labute approximate surface area is 204 Å². The average Bonchev–Trinajstić information content (AvgIpc) is 3.22. The number of carbonyl (C=O) groups is 1. The highest BCUT2D eigenvalue weighted by Gasteiger charge is 2.25. The van der Waals surface area contributed by atoms with Crippen LogP contribution in [-0.4, -0.2) is 48.6 Å². The molecule has 2 aliphatic rings. The van der Waals surface area contributed by atoms with E-state index in [4.69, 9.17) is 15.1 Å². The molecule has 8 nitrogen and oxygen atoms in total. The van der Waals surface area contributed by atoms with Crippen molar-refractivity contribution in [3.63, 3.8) is 0 Å². The van der Waals surface area contributed by atoms with Gasteiger partial charge < -0.3 is 19.9 Å². The molecule has 1 fully saturated rings. The molecular formula is C27H30N6O2. The molecule has 8 heteroatoms. The summed E-state index contributed by atoms with van der Waals surface area (Å²) in [7, 11) is 0. The lowest BCUT2D eigenvalue weighted by Crippen LogP contribution is -2.37. The number of hydrogen-bond acceptors (Lipinski definition) is 6. The SMILES string of the molecule is CC1CCC(n2c3ccccc3c3cnc(Nc4ccc5c(n4)CCN(C(=O)CO)C5)nc32)CC1. The van der Waals surface area contributed by atoms with Gasteiger partial charge in [0.1, 0.15) is 18.1 Å². The number of aliphatic hydroxyl groups is 1. The van der Waals surface area contributed by atoms with E-state index in [1.165, 1.54) is 36.6 Å². The molecule has 1 aliphatic heterocycles. The van der Waals surface area contributed by atoms with Gasteiger partial charge in [0.25, 0.3) is 0 Å². The first-order valence-electron chi connectivity index (χ1n) is 12.5. The van der Waals surface area contributed by atoms with Crippen molar-refractivity contribution in [3.05, 3.63) is 53.9 Å². The highest BCUT2D eigenvalue weighted by molar-refractivity contribution is 6.06. The van der Waals surface area contributed by atoms with Gasteiger partial charge >= 0.3 is 0 Å². The van der Waals surface area contributed by atoms with Gasteiger partial charge in [-0.2, -0.15) is 4.98 Å². The smallest absolute Gasteiger partial charge is 0.248 e. The first-order valence-corrected chi connectivity index (χ1v) is 12.5. The molecule has 0 radical (unpaired) electrons. The Morgan fingerprint density at radius 3 is 2.74 bits per heavy atom. The molecule has 0 saturated heterocycles. The number of amides is 1. The van der Waals surface area contributed by atoms with Crippen molar-refractivity contribution in [1.29, 1.82) is 0 Å². The van der Waals surface area contributed by atoms with Gasteiger partial charge in [0, 0.05) is 48.2 Å². The number of aromatic nitrogens is 4. The highest BCUT2D eigenvalue weighted by atomic mass is 16.3. The van der Waals surface area contributed by atoms with Crippen LogP contribution >= 0.6 is 0 Å². The maximum absolute atomic E-state index is 11.8. The fourth-order valence-electron chi connectivity index (χ4n) is 5.62. The molecule has 0 bridgehead atoms. The summed E-state index contributed by atoms with van der Waals surface area (Å²) in [6, 6.07) is 12.9. The van der Waals surface area contributed by atoms with Crippen molar-refractivity contribution in [1.82, 2.24) is 24.4 Å². The molecular weight excluding hydrogens is 440 g/mol. The van der Waals surface area contributed by atoms with Crippen LogP contribution in [0.15, 0.2) is 42.6 Å². The number of benzene rings is 1. The van der Waals surface area contributed by atoms with Crippen molar-refractivity contribution in [2.24, 2.45) is 5.92 Å². The molecule has 35 heavy (non-hydrogen) atoms. The first-order chi connectivity index (χ1) is 17.1. The Kier molecular flexibility index (Phi) is 5.60. The predicted octanol–water partition coefficient (Wildman–Crippen LogP) is 4.35. The molecule has 4 aromatic rings. The van der Waals surface area contributed by atoms with E-state index in [1.807, 2.05) is 18.3 Å². The van der Waals surface area contributed by atoms with Gasteiger partial charge in [-0.3, -0.25) is 4.79 Å². The number of aliphatic hydroxyl groups excluding tert-OH is 1. The van der Waals surface area contributed by atoms with E-state index in [-0.39, 0.29) is 5.91 Å². The lowest BCUT2D eigenvalue weighted by Gasteiger charge is -2.28. The topological polar surface area (TPSA) is 96.2 Å². The van der Waals surface area contributed by atoms with E-state index in [2.05, 4.69) is 46.1 Å². The van der Waals surface area contributed by atoms with Crippen LogP contribution in [0.4, 0.5) is 11.8 Å². The number of carbonyl (C=O) groups excluding carboxylic acids is 1. The van der Waals surface area contributed by atoms with E-state index in [1.54, 1.807) is 4.90 Å². The minimum atomic E-state index is -0.459. The first kappa shape index (κ1) is 22.0. The van der Waals surface area contributed by atoms with Crippen LogP contribution in [0.25, 0.3) is 21.9 Å². The largest absolute Gasteiger partial charge is 0.387 e. The molecule has 0 unspecified atom stereocenters. The molecule has 180 valence electrons. The molecule has 0 spiro atoms. The normalized spacial score (nSPS) is 20.2. The Hall–Kier alpha value is -3.52. The number of hydrogen-bond donors (Lipinski definition) is 2. The molecule has 2 N–H and O–H groups in total. The Bertz CT molecular complexity index is 1410. The van der Waals surface area contributed by atoms with Crippen LogP contribution in [-0.2, 0) is 17.8 Å². The van der Waals surface area contributed by atoms with Gasteiger partial charge in [0.15, 0.2) is 0 Å². The quantitative estimate of drug-likeness (QED) is 0.460. The van der Waals surface area contributed by atoms with Crippen LogP contribution in [0.3, 0.4) is 0 Å². The fourth-order valence-corrected chi connectivity index (χ4v) is 5.62. The van der Waals surface area contributed by atoms with Crippen LogP contribution in [0.1, 0.15) is 49.9 Å². The minimum Gasteiger partial charge on any atom is -0.387 e. The van der Waals surface area contributed by atoms with Gasteiger partial charge in [-0.25, -0.2) is 9.97 Å². The zero-order valence-electron chi connectivity index (χ0n) is 19.9. The summed E-state index contributed by atoms with van der Waals surface area (Å²) in [5.41, 5.74) is 4.16. The van der Waals surface area contributed by atoms with E-state index in [0.717, 1.165) is 28.2 Å². The number of fused-ring (bicyclic) bond motifs is 4. The standard InChI is InChI=1S/C27H30N6O2/c1-17-6-9-19(10-7-17)33-23-5-3-2-4-20(23)21-14-28-27(31-26(21)33)30-24-11-8-18-15-32(25(35)16-34)13-12-22(18)29-24/h2-5,8,11,14,17,19,34H,6-7,9-10,12-13,15-16H2,1H3,(H,28,29,30,31). The molecule has 6 rings (SSSR count). The van der Waals surface area contributed by atoms with E-state index < -0.39 is 6.61 Å². The minimum absolute atomic E-state index is 0.248. The molecule has 1 saturated carbocycles. The third kappa shape index (κ3) is 4.01. The summed E-state index contributed by atoms with van der Waals surface area (Å²) in [4.78, 5) is 27.9. The molecule has 1 aromatic carbocycles. The molecule has 1 aliphatic carbocycles. The van der Waals surface area contributed by atoms with Crippen molar-refractivity contribution in [2.75, 3.05) is 18.5 Å². The second kappa shape index (κ2) is 8.92. The molecule has 3 aromatic heterocycles. The predicted molar refractivity (Wildman–Crippen MR) is 135 cm³/mol. The van der Waals surface area contributed by atoms with E-state index >= 15 is 0 Å². The van der Waals surface area contributed by atoms with Crippen LogP contribution < -0.4 is 5.32 Å². The third-order valence-corrected chi connectivity index (χ3v) is 7.58. The number of nitrogens with one attached hydrogen (secondary N) is 1. The second-order valence-corrected chi connectivity index (χ2v) is 9.88. The monoisotopic (exact) mass is 470 g/mol. The lowest BCUT2D eigenvalue weighted by atomic mass is 9.87. The summed E-state index contributed by atoms with van der Waals surface area (Å²) in [5, 5.41) is 14.7. The highest BCUT2D eigenvalue weighted by Crippen LogP contribution is 2.38. The molecule has 1 amide bonds. The second-order valence-electron chi connectivity index (χ2n) is 9.88. The van der Waals surface area contributed by atoms with Gasteiger partial charge in [-0.15, -0.1) is 0 Å². The third-order valence-electron chi connectivity index (χ3n) is 7.58. The van der Waals surface area contributed by atoms with E-state index in [0.29, 0.717) is 37.3 Å². The zero-order valence-corrected chi connectivity index (χ0v) is 19.9. The van der Waals surface area contributed by atoms with Crippen LogP contribution in [0.5, 0.6) is 0 Å². The van der Waals surface area contributed by atoms with Crippen molar-refractivity contribution in [3.8, 4) is 0 Å². The number of rotatable bonds is 4. The zero-order chi connectivity index (χ0) is 23.9. The Morgan fingerprint density at radius 2 is 1.91 bits per heavy atom. The van der Waals surface area contributed by atoms with Crippen molar-refractivity contribution < 1.29 is 9.90 Å². The summed E-state index contributed by atoms with van der Waals surface area (Å²) in [6.45, 7) is 2.93. The van der Waals surface area contributed by atoms with Gasteiger partial charge in [0.2, 0.25) is 11.9 Å². The van der Waals surface area contributed by atoms with Crippen LogP contribution in [0.2, 0.25) is 0 Å². The van der Waals surface area contributed by atoms with Crippen molar-refractivity contribution in [2.45, 2.75) is 51.6 Å². The van der Waals surface area contributed by atoms with Gasteiger partial charge in [-0.05, 0) is 49.3 Å². The number of anilines is 2. The van der Waals surface area contributed by atoms with Crippen molar-refractivity contribution >= 4 is 39.6 Å². The van der Waals surface area contributed by atoms with Gasteiger partial charge in [-0.1, -0.05) is 31.2 Å². The maximum atomic E-state index is 11.8. The summed E-state index contributed by atoms with van der Waals surface area (Å²) >= 11 is 0. The Balaban J connectivity index is 1.33. The summed E-state index contributed by atoms with van der Waals surface area (Å²) in [6.07, 6.45) is 7.41. The molecule has 4 heterocycles. The summed E-state index contributed by atoms with van der Waals surface area (Å²) < 4.78 is 2.43. The Morgan fingerprint density at radius 1 is 1.09 bits per heavy atom. The lowest BCUT2D eigenvalue weighted by molar-refractivity contribution is -0.135. The van der Waals surface area contributed by atoms with Gasteiger partial charge in [0.05, 0.1) is 5.52 Å². The number of para-hydroxylation sites is 1. The molecule has 0 atom stereocenters. The van der Waals surface area contributed by atoms with Crippen LogP contribution in [0, 0.1) is 5.92 Å².